The van der Waals surface area contributed by atoms with Crippen LogP contribution in [0, 0.1) is 11.3 Å². The molecule has 5 nitrogen and oxygen atoms in total. The summed E-state index contributed by atoms with van der Waals surface area (Å²) >= 11 is 5.93. The molecule has 2 aromatic rings. The van der Waals surface area contributed by atoms with E-state index in [9.17, 15) is 0 Å². The van der Waals surface area contributed by atoms with Crippen molar-refractivity contribution in [3.8, 4) is 5.88 Å². The van der Waals surface area contributed by atoms with E-state index in [2.05, 4.69) is 40.9 Å². The van der Waals surface area contributed by atoms with Gasteiger partial charge in [-0.25, -0.2) is 0 Å². The van der Waals surface area contributed by atoms with E-state index in [4.69, 9.17) is 16.3 Å². The van der Waals surface area contributed by atoms with Gasteiger partial charge in [0, 0.05) is 0 Å². The van der Waals surface area contributed by atoms with Gasteiger partial charge in [0.25, 0.3) is 0 Å². The van der Waals surface area contributed by atoms with Crippen molar-refractivity contribution in [1.82, 2.24) is 20.2 Å². The highest BCUT2D eigenvalue weighted by Crippen LogP contribution is 2.40. The molecular formula is C14H19ClN4O. The largest absolute Gasteiger partial charge is 0.474 e. The van der Waals surface area contributed by atoms with E-state index in [0.29, 0.717) is 22.9 Å². The number of hydrogen-bond acceptors (Lipinski definition) is 4. The minimum atomic E-state index is 0.165. The molecule has 0 radical (unpaired) electrons. The molecule has 2 heterocycles. The Morgan fingerprint density at radius 3 is 2.90 bits per heavy atom. The number of ether oxygens (including phenoxy) is 1. The maximum atomic E-state index is 6.12. The van der Waals surface area contributed by atoms with E-state index in [1.54, 1.807) is 6.20 Å². The second kappa shape index (κ2) is 4.88. The van der Waals surface area contributed by atoms with Crippen LogP contribution < -0.4 is 4.74 Å². The minimum Gasteiger partial charge on any atom is -0.474 e. The molecule has 1 fully saturated rings. The molecule has 1 aliphatic rings. The van der Waals surface area contributed by atoms with E-state index in [1.807, 2.05) is 0 Å². The van der Waals surface area contributed by atoms with Gasteiger partial charge in [-0.3, -0.25) is 5.10 Å². The molecule has 1 saturated carbocycles. The van der Waals surface area contributed by atoms with Crippen molar-refractivity contribution >= 4 is 22.6 Å². The third kappa shape index (κ3) is 2.73. The molecule has 2 aromatic heterocycles. The quantitative estimate of drug-likeness (QED) is 0.860. The van der Waals surface area contributed by atoms with Crippen LogP contribution >= 0.6 is 11.6 Å². The van der Waals surface area contributed by atoms with Crippen LogP contribution in [0.5, 0.6) is 5.88 Å². The summed E-state index contributed by atoms with van der Waals surface area (Å²) in [4.78, 5) is 8.30. The maximum Gasteiger partial charge on any atom is 0.229 e. The SMILES string of the molecule is CC1CC(Oc2nc(Cl)nc3[nH]ncc23)CC(C)(C)C1. The molecule has 0 saturated heterocycles. The first-order valence-electron chi connectivity index (χ1n) is 6.96. The van der Waals surface area contributed by atoms with E-state index in [-0.39, 0.29) is 11.4 Å². The monoisotopic (exact) mass is 294 g/mol. The molecule has 108 valence electrons. The predicted molar refractivity (Wildman–Crippen MR) is 77.9 cm³/mol. The Bertz CT molecular complexity index is 625. The summed E-state index contributed by atoms with van der Waals surface area (Å²) in [6, 6.07) is 0. The summed E-state index contributed by atoms with van der Waals surface area (Å²) in [6.45, 7) is 6.86. The van der Waals surface area contributed by atoms with E-state index < -0.39 is 0 Å². The third-order valence-corrected chi connectivity index (χ3v) is 4.04. The summed E-state index contributed by atoms with van der Waals surface area (Å²) in [5.41, 5.74) is 0.914. The molecule has 0 spiro atoms. The Morgan fingerprint density at radius 2 is 2.15 bits per heavy atom. The number of H-pyrrole nitrogens is 1. The van der Waals surface area contributed by atoms with Crippen LogP contribution in [-0.2, 0) is 0 Å². The summed E-state index contributed by atoms with van der Waals surface area (Å²) < 4.78 is 6.12. The molecule has 0 aliphatic heterocycles. The van der Waals surface area contributed by atoms with Gasteiger partial charge in [0.1, 0.15) is 11.5 Å². The van der Waals surface area contributed by atoms with Gasteiger partial charge >= 0.3 is 0 Å². The van der Waals surface area contributed by atoms with Crippen molar-refractivity contribution in [2.75, 3.05) is 0 Å². The molecule has 2 unspecified atom stereocenters. The van der Waals surface area contributed by atoms with Crippen LogP contribution in [0.25, 0.3) is 11.0 Å². The van der Waals surface area contributed by atoms with Gasteiger partial charge in [0.05, 0.1) is 6.20 Å². The zero-order valence-corrected chi connectivity index (χ0v) is 12.7. The van der Waals surface area contributed by atoms with Gasteiger partial charge in [-0.2, -0.15) is 15.1 Å². The lowest BCUT2D eigenvalue weighted by molar-refractivity contribution is 0.0543. The van der Waals surface area contributed by atoms with Crippen LogP contribution in [0.1, 0.15) is 40.0 Å². The van der Waals surface area contributed by atoms with Crippen LogP contribution in [0.3, 0.4) is 0 Å². The molecular weight excluding hydrogens is 276 g/mol. The first-order valence-corrected chi connectivity index (χ1v) is 7.34. The number of nitrogens with zero attached hydrogens (tertiary/aromatic N) is 3. The standard InChI is InChI=1S/C14H19ClN4O/c1-8-4-9(6-14(2,3)5-8)20-12-10-7-16-19-11(10)17-13(15)18-12/h7-9H,4-6H2,1-3H3,(H,16,17,18,19). The highest BCUT2D eigenvalue weighted by atomic mass is 35.5. The average Bonchev–Trinajstić information content (AvgIpc) is 2.73. The second-order valence-corrected chi connectivity index (χ2v) is 6.92. The van der Waals surface area contributed by atoms with Crippen molar-refractivity contribution in [3.63, 3.8) is 0 Å². The first-order chi connectivity index (χ1) is 9.43. The van der Waals surface area contributed by atoms with Crippen LogP contribution in [0.2, 0.25) is 5.28 Å². The molecule has 20 heavy (non-hydrogen) atoms. The topological polar surface area (TPSA) is 63.7 Å². The molecule has 6 heteroatoms. The number of hydrogen-bond donors (Lipinski definition) is 1. The highest BCUT2D eigenvalue weighted by Gasteiger charge is 2.33. The number of nitrogens with one attached hydrogen (secondary N) is 1. The molecule has 1 aliphatic carbocycles. The Labute approximate surface area is 123 Å². The van der Waals surface area contributed by atoms with Crippen LogP contribution in [0.15, 0.2) is 6.20 Å². The van der Waals surface area contributed by atoms with Crippen molar-refractivity contribution < 1.29 is 4.74 Å². The Kier molecular flexibility index (Phi) is 3.32. The first kappa shape index (κ1) is 13.6. The van der Waals surface area contributed by atoms with E-state index >= 15 is 0 Å². The van der Waals surface area contributed by atoms with Crippen molar-refractivity contribution in [3.05, 3.63) is 11.5 Å². The van der Waals surface area contributed by atoms with Gasteiger partial charge in [0.2, 0.25) is 11.2 Å². The number of halogens is 1. The number of aromatic amines is 1. The molecule has 0 bridgehead atoms. The zero-order valence-electron chi connectivity index (χ0n) is 12.0. The molecule has 0 amide bonds. The summed E-state index contributed by atoms with van der Waals surface area (Å²) in [7, 11) is 0. The van der Waals surface area contributed by atoms with Gasteiger partial charge in [-0.05, 0) is 42.2 Å². The zero-order chi connectivity index (χ0) is 14.3. The number of fused-ring (bicyclic) bond motifs is 1. The normalized spacial score (nSPS) is 25.8. The third-order valence-electron chi connectivity index (χ3n) is 3.87. The summed E-state index contributed by atoms with van der Waals surface area (Å²) in [6.07, 6.45) is 5.15. The lowest BCUT2D eigenvalue weighted by Crippen LogP contribution is -2.34. The summed E-state index contributed by atoms with van der Waals surface area (Å²) in [5.74, 6) is 1.18. The van der Waals surface area contributed by atoms with Gasteiger partial charge in [0.15, 0.2) is 5.65 Å². The molecule has 0 aromatic carbocycles. The second-order valence-electron chi connectivity index (χ2n) is 6.58. The van der Waals surface area contributed by atoms with E-state index in [1.165, 1.54) is 6.42 Å². The number of rotatable bonds is 2. The number of aromatic nitrogens is 4. The predicted octanol–water partition coefficient (Wildman–Crippen LogP) is 3.60. The smallest absolute Gasteiger partial charge is 0.229 e. The summed E-state index contributed by atoms with van der Waals surface area (Å²) in [5, 5.41) is 7.73. The van der Waals surface area contributed by atoms with Crippen LogP contribution in [0.4, 0.5) is 0 Å². The maximum absolute atomic E-state index is 6.12. The fraction of sp³-hybridized carbons (Fsp3) is 0.643. The lowest BCUT2D eigenvalue weighted by atomic mass is 9.71. The highest BCUT2D eigenvalue weighted by molar-refractivity contribution is 6.28. The van der Waals surface area contributed by atoms with E-state index in [0.717, 1.165) is 18.2 Å². The van der Waals surface area contributed by atoms with Crippen molar-refractivity contribution in [2.24, 2.45) is 11.3 Å². The fourth-order valence-corrected chi connectivity index (χ4v) is 3.54. The molecule has 3 rings (SSSR count). The molecule has 2 atom stereocenters. The molecule has 1 N–H and O–H groups in total. The lowest BCUT2D eigenvalue weighted by Gasteiger charge is -2.38. The average molecular weight is 295 g/mol. The van der Waals surface area contributed by atoms with Crippen molar-refractivity contribution in [2.45, 2.75) is 46.1 Å². The minimum absolute atomic E-state index is 0.165. The van der Waals surface area contributed by atoms with Gasteiger partial charge in [-0.1, -0.05) is 20.8 Å². The van der Waals surface area contributed by atoms with Crippen molar-refractivity contribution in [1.29, 1.82) is 0 Å². The van der Waals surface area contributed by atoms with Crippen LogP contribution in [-0.4, -0.2) is 26.3 Å². The van der Waals surface area contributed by atoms with Gasteiger partial charge in [-0.15, -0.1) is 0 Å². The Hall–Kier alpha value is -1.36. The Balaban J connectivity index is 1.87. The van der Waals surface area contributed by atoms with Gasteiger partial charge < -0.3 is 4.74 Å². The fourth-order valence-electron chi connectivity index (χ4n) is 3.38. The Morgan fingerprint density at radius 1 is 1.35 bits per heavy atom.